The van der Waals surface area contributed by atoms with Gasteiger partial charge in [0.2, 0.25) is 0 Å². The number of rotatable bonds is 6. The first-order valence-corrected chi connectivity index (χ1v) is 13.6. The van der Waals surface area contributed by atoms with E-state index in [0.717, 1.165) is 42.0 Å². The molecule has 2 aliphatic rings. The highest BCUT2D eigenvalue weighted by atomic mass is 32.1. The lowest BCUT2D eigenvalue weighted by Crippen LogP contribution is -2.46. The largest absolute Gasteiger partial charge is 0.507 e. The quantitative estimate of drug-likeness (QED) is 0.318. The fourth-order valence-electron chi connectivity index (χ4n) is 6.00. The molecule has 3 aromatic heterocycles. The summed E-state index contributed by atoms with van der Waals surface area (Å²) in [5.74, 6) is 0.314. The smallest absolute Gasteiger partial charge is 0.314 e. The molecule has 4 heterocycles. The van der Waals surface area contributed by atoms with Gasteiger partial charge in [-0.25, -0.2) is 0 Å². The molecule has 8 nitrogen and oxygen atoms in total. The number of para-hydroxylation sites is 1. The fourth-order valence-corrected chi connectivity index (χ4v) is 7.13. The highest BCUT2D eigenvalue weighted by Crippen LogP contribution is 2.58. The molecule has 0 radical (unpaired) electrons. The maximum absolute atomic E-state index is 11.6. The minimum atomic E-state index is -0.877. The van der Waals surface area contributed by atoms with Crippen molar-refractivity contribution in [3.8, 4) is 17.0 Å². The van der Waals surface area contributed by atoms with E-state index >= 15 is 0 Å². The third kappa shape index (κ3) is 4.35. The van der Waals surface area contributed by atoms with Crippen molar-refractivity contribution in [2.45, 2.75) is 51.4 Å². The molecule has 1 atom stereocenters. The Bertz CT molecular complexity index is 1450. The van der Waals surface area contributed by atoms with Crippen LogP contribution in [0.2, 0.25) is 0 Å². The minimum absolute atomic E-state index is 0.0632. The lowest BCUT2D eigenvalue weighted by Gasteiger charge is -2.52. The lowest BCUT2D eigenvalue weighted by atomic mass is 9.57. The monoisotopic (exact) mass is 518 g/mol. The molecular formula is C28H30N4O4S. The van der Waals surface area contributed by atoms with Gasteiger partial charge in [-0.3, -0.25) is 4.79 Å². The first kappa shape index (κ1) is 23.9. The Kier molecular flexibility index (Phi) is 5.90. The minimum Gasteiger partial charge on any atom is -0.507 e. The summed E-state index contributed by atoms with van der Waals surface area (Å²) < 4.78 is 6.54. The van der Waals surface area contributed by atoms with Gasteiger partial charge in [0.05, 0.1) is 10.4 Å². The molecule has 1 unspecified atom stereocenters. The van der Waals surface area contributed by atoms with Gasteiger partial charge in [-0.15, -0.1) is 21.5 Å². The molecule has 1 aliphatic carbocycles. The Morgan fingerprint density at radius 2 is 1.89 bits per heavy atom. The van der Waals surface area contributed by atoms with E-state index in [0.29, 0.717) is 28.4 Å². The van der Waals surface area contributed by atoms with Gasteiger partial charge < -0.3 is 19.6 Å². The first-order valence-electron chi connectivity index (χ1n) is 12.8. The Balaban J connectivity index is 1.10. The molecule has 4 aromatic rings. The van der Waals surface area contributed by atoms with E-state index in [9.17, 15) is 15.0 Å². The molecule has 1 aliphatic heterocycles. The maximum atomic E-state index is 11.6. The predicted octanol–water partition coefficient (Wildman–Crippen LogP) is 6.04. The second-order valence-corrected chi connectivity index (χ2v) is 12.0. The predicted molar refractivity (Wildman–Crippen MR) is 142 cm³/mol. The summed E-state index contributed by atoms with van der Waals surface area (Å²) in [4.78, 5) is 15.2. The van der Waals surface area contributed by atoms with Crippen molar-refractivity contribution in [2.75, 3.05) is 18.0 Å². The Labute approximate surface area is 218 Å². The van der Waals surface area contributed by atoms with E-state index in [2.05, 4.69) is 26.3 Å². The van der Waals surface area contributed by atoms with Crippen LogP contribution in [0.15, 0.2) is 47.0 Å². The Hall–Kier alpha value is -3.46. The van der Waals surface area contributed by atoms with Crippen LogP contribution in [0.4, 0.5) is 5.82 Å². The van der Waals surface area contributed by atoms with Crippen LogP contribution in [0.25, 0.3) is 21.5 Å². The van der Waals surface area contributed by atoms with Crippen LogP contribution < -0.4 is 4.90 Å². The molecule has 2 fully saturated rings. The molecule has 0 amide bonds. The van der Waals surface area contributed by atoms with Crippen LogP contribution >= 0.6 is 11.3 Å². The molecule has 1 aromatic carbocycles. The number of hydrogen-bond donors (Lipinski definition) is 2. The number of fused-ring (bicyclic) bond motifs is 1. The summed E-state index contributed by atoms with van der Waals surface area (Å²) in [6.07, 6.45) is 4.54. The van der Waals surface area contributed by atoms with E-state index in [1.54, 1.807) is 23.5 Å². The molecule has 2 N–H and O–H groups in total. The molecule has 1 saturated carbocycles. The highest BCUT2D eigenvalue weighted by Gasteiger charge is 2.47. The van der Waals surface area contributed by atoms with E-state index in [1.165, 1.54) is 17.7 Å². The van der Waals surface area contributed by atoms with Crippen molar-refractivity contribution in [1.82, 2.24) is 15.4 Å². The van der Waals surface area contributed by atoms with Crippen LogP contribution in [0.3, 0.4) is 0 Å². The molecule has 37 heavy (non-hydrogen) atoms. The summed E-state index contributed by atoms with van der Waals surface area (Å²) in [7, 11) is 0. The molecule has 192 valence electrons. The average Bonchev–Trinajstić information content (AvgIpc) is 3.49. The zero-order valence-corrected chi connectivity index (χ0v) is 21.7. The molecule has 6 rings (SSSR count). The van der Waals surface area contributed by atoms with Crippen molar-refractivity contribution in [2.24, 2.45) is 11.3 Å². The van der Waals surface area contributed by atoms with E-state index < -0.39 is 11.9 Å². The number of nitrogens with zero attached hydrogens (tertiary/aromatic N) is 4. The van der Waals surface area contributed by atoms with Gasteiger partial charge in [0.15, 0.2) is 11.6 Å². The SMILES string of the molecule is CC(C)C(C(=O)O)c1cc(N2CCC3(CC2)CC(c2cc4nnc(-c5ccccc5O)cc4s2)C3)no1. The first-order chi connectivity index (χ1) is 17.8. The molecule has 1 spiro atoms. The third-order valence-electron chi connectivity index (χ3n) is 8.14. The van der Waals surface area contributed by atoms with Crippen molar-refractivity contribution in [1.29, 1.82) is 0 Å². The van der Waals surface area contributed by atoms with Crippen molar-refractivity contribution >= 4 is 33.3 Å². The van der Waals surface area contributed by atoms with Gasteiger partial charge in [0.25, 0.3) is 0 Å². The number of aliphatic carboxylic acids is 1. The topological polar surface area (TPSA) is 113 Å². The summed E-state index contributed by atoms with van der Waals surface area (Å²) in [5, 5.41) is 32.7. The van der Waals surface area contributed by atoms with E-state index in [4.69, 9.17) is 4.52 Å². The molecule has 0 bridgehead atoms. The molecular weight excluding hydrogens is 488 g/mol. The van der Waals surface area contributed by atoms with Crippen LogP contribution in [0.1, 0.15) is 62.0 Å². The number of phenols is 1. The molecule has 1 saturated heterocycles. The van der Waals surface area contributed by atoms with E-state index in [1.807, 2.05) is 38.1 Å². The average molecular weight is 519 g/mol. The van der Waals surface area contributed by atoms with Crippen LogP contribution in [0.5, 0.6) is 5.75 Å². The van der Waals surface area contributed by atoms with Gasteiger partial charge in [0, 0.05) is 29.6 Å². The van der Waals surface area contributed by atoms with E-state index in [-0.39, 0.29) is 11.7 Å². The third-order valence-corrected chi connectivity index (χ3v) is 9.37. The number of anilines is 1. The second kappa shape index (κ2) is 9.13. The van der Waals surface area contributed by atoms with Gasteiger partial charge in [-0.2, -0.15) is 0 Å². The number of piperidine rings is 1. The number of thiophene rings is 1. The Morgan fingerprint density at radius 1 is 1.14 bits per heavy atom. The summed E-state index contributed by atoms with van der Waals surface area (Å²) in [6.45, 7) is 5.57. The lowest BCUT2D eigenvalue weighted by molar-refractivity contribution is -0.140. The summed E-state index contributed by atoms with van der Waals surface area (Å²) in [6, 6.07) is 13.2. The number of aromatic hydroxyl groups is 1. The zero-order valence-electron chi connectivity index (χ0n) is 20.9. The normalized spacial score (nSPS) is 18.4. The number of carbonyl (C=O) groups is 1. The highest BCUT2D eigenvalue weighted by molar-refractivity contribution is 7.19. The number of aromatic nitrogens is 3. The summed E-state index contributed by atoms with van der Waals surface area (Å²) in [5.41, 5.74) is 2.66. The standard InChI is InChI=1S/C28H30N4O4S/c1-16(2)26(27(34)35)22-13-25(31-36-22)32-9-7-28(8-10-32)14-17(15-28)23-12-20-24(37-23)11-19(29-30-20)18-5-3-4-6-21(18)33/h3-6,11-13,16-17,26,33H,7-10,14-15H2,1-2H3,(H,34,35). The molecule has 9 heteroatoms. The van der Waals surface area contributed by atoms with Crippen LogP contribution in [-0.2, 0) is 4.79 Å². The number of hydrogen-bond acceptors (Lipinski definition) is 8. The summed E-state index contributed by atoms with van der Waals surface area (Å²) >= 11 is 1.79. The number of phenolic OH excluding ortho intramolecular Hbond substituents is 1. The number of carboxylic acid groups (broad SMARTS) is 1. The van der Waals surface area contributed by atoms with Gasteiger partial charge in [-0.05, 0) is 67.2 Å². The maximum Gasteiger partial charge on any atom is 0.314 e. The van der Waals surface area contributed by atoms with Gasteiger partial charge in [0.1, 0.15) is 17.2 Å². The van der Waals surface area contributed by atoms with Crippen LogP contribution in [0, 0.1) is 11.3 Å². The fraction of sp³-hybridized carbons (Fsp3) is 0.429. The Morgan fingerprint density at radius 3 is 2.59 bits per heavy atom. The zero-order chi connectivity index (χ0) is 25.7. The van der Waals surface area contributed by atoms with Gasteiger partial charge in [-0.1, -0.05) is 31.1 Å². The number of carboxylic acids is 1. The van der Waals surface area contributed by atoms with Crippen molar-refractivity contribution in [3.63, 3.8) is 0 Å². The second-order valence-electron chi connectivity index (χ2n) is 10.9. The van der Waals surface area contributed by atoms with Crippen molar-refractivity contribution in [3.05, 3.63) is 53.1 Å². The number of benzene rings is 1. The van der Waals surface area contributed by atoms with Crippen molar-refractivity contribution < 1.29 is 19.5 Å². The van der Waals surface area contributed by atoms with Crippen LogP contribution in [-0.4, -0.2) is 44.6 Å². The van der Waals surface area contributed by atoms with Gasteiger partial charge >= 0.3 is 5.97 Å².